The molecule has 0 atom stereocenters. The highest BCUT2D eigenvalue weighted by molar-refractivity contribution is 7.93. The van der Waals surface area contributed by atoms with Crippen molar-refractivity contribution in [1.29, 1.82) is 0 Å². The van der Waals surface area contributed by atoms with E-state index in [9.17, 15) is 8.42 Å². The van der Waals surface area contributed by atoms with Gasteiger partial charge in [0.2, 0.25) is 0 Å². The fraction of sp³-hybridized carbons (Fsp3) is 0. The molecule has 2 heterocycles. The molecule has 7 nitrogen and oxygen atoms in total. The standard InChI is InChI=1S/C10H9N5O2S2/c11-6-1-2-8-7(3-6)9(4-12-8)19(16,17)14-10-5-13-15-18-10/h1-5,12,14H,11H2. The predicted octanol–water partition coefficient (Wildman–Crippen LogP) is 1.40. The van der Waals surface area contributed by atoms with Gasteiger partial charge in [-0.15, -0.1) is 5.10 Å². The normalized spacial score (nSPS) is 11.8. The molecule has 19 heavy (non-hydrogen) atoms. The zero-order valence-corrected chi connectivity index (χ0v) is 11.1. The molecule has 0 fully saturated rings. The summed E-state index contributed by atoms with van der Waals surface area (Å²) in [7, 11) is -3.69. The van der Waals surface area contributed by atoms with Gasteiger partial charge in [-0.1, -0.05) is 4.49 Å². The van der Waals surface area contributed by atoms with Crippen molar-refractivity contribution in [2.24, 2.45) is 0 Å². The molecular formula is C10H9N5O2S2. The highest BCUT2D eigenvalue weighted by atomic mass is 32.2. The molecule has 3 rings (SSSR count). The molecule has 4 N–H and O–H groups in total. The number of hydrogen-bond acceptors (Lipinski definition) is 6. The maximum absolute atomic E-state index is 12.3. The van der Waals surface area contributed by atoms with Crippen molar-refractivity contribution in [2.75, 3.05) is 10.5 Å². The van der Waals surface area contributed by atoms with Gasteiger partial charge in [0.25, 0.3) is 10.0 Å². The minimum atomic E-state index is -3.69. The molecule has 0 saturated heterocycles. The van der Waals surface area contributed by atoms with Gasteiger partial charge in [-0.3, -0.25) is 4.72 Å². The van der Waals surface area contributed by atoms with Crippen LogP contribution in [0.2, 0.25) is 0 Å². The van der Waals surface area contributed by atoms with Gasteiger partial charge >= 0.3 is 0 Å². The zero-order chi connectivity index (χ0) is 13.5. The summed E-state index contributed by atoms with van der Waals surface area (Å²) in [6.07, 6.45) is 2.78. The number of anilines is 2. The number of benzene rings is 1. The minimum Gasteiger partial charge on any atom is -0.399 e. The summed E-state index contributed by atoms with van der Waals surface area (Å²) in [5.41, 5.74) is 6.89. The zero-order valence-electron chi connectivity index (χ0n) is 9.49. The summed E-state index contributed by atoms with van der Waals surface area (Å²) < 4.78 is 30.5. The molecule has 1 aromatic carbocycles. The Morgan fingerprint density at radius 1 is 1.37 bits per heavy atom. The van der Waals surface area contributed by atoms with Crippen LogP contribution in [0.1, 0.15) is 0 Å². The molecular weight excluding hydrogens is 286 g/mol. The molecule has 0 aliphatic carbocycles. The van der Waals surface area contributed by atoms with E-state index in [-0.39, 0.29) is 4.90 Å². The van der Waals surface area contributed by atoms with Crippen LogP contribution in [-0.2, 0) is 10.0 Å². The molecule has 98 valence electrons. The average molecular weight is 295 g/mol. The van der Waals surface area contributed by atoms with Gasteiger partial charge in [0, 0.05) is 34.3 Å². The van der Waals surface area contributed by atoms with Crippen LogP contribution >= 0.6 is 11.5 Å². The fourth-order valence-corrected chi connectivity index (χ4v) is 3.59. The van der Waals surface area contributed by atoms with E-state index in [1.54, 1.807) is 18.2 Å². The van der Waals surface area contributed by atoms with Gasteiger partial charge in [-0.25, -0.2) is 8.42 Å². The van der Waals surface area contributed by atoms with E-state index in [1.807, 2.05) is 0 Å². The Kier molecular flexibility index (Phi) is 2.64. The van der Waals surface area contributed by atoms with Crippen LogP contribution in [0, 0.1) is 0 Å². The van der Waals surface area contributed by atoms with Gasteiger partial charge in [-0.2, -0.15) is 0 Å². The van der Waals surface area contributed by atoms with E-state index in [0.29, 0.717) is 21.6 Å². The van der Waals surface area contributed by atoms with Gasteiger partial charge < -0.3 is 10.7 Å². The molecule has 0 radical (unpaired) electrons. The number of rotatable bonds is 3. The van der Waals surface area contributed by atoms with E-state index in [0.717, 1.165) is 11.5 Å². The van der Waals surface area contributed by atoms with Crippen LogP contribution in [0.25, 0.3) is 10.9 Å². The SMILES string of the molecule is Nc1ccc2[nH]cc(S(=O)(=O)Nc3cnns3)c2c1. The van der Waals surface area contributed by atoms with E-state index < -0.39 is 10.0 Å². The number of aromatic amines is 1. The third kappa shape index (κ3) is 2.13. The van der Waals surface area contributed by atoms with Gasteiger partial charge in [0.15, 0.2) is 0 Å². The van der Waals surface area contributed by atoms with Crippen LogP contribution in [0.3, 0.4) is 0 Å². The van der Waals surface area contributed by atoms with Crippen molar-refractivity contribution < 1.29 is 8.42 Å². The number of nitrogens with two attached hydrogens (primary N) is 1. The van der Waals surface area contributed by atoms with Gasteiger partial charge in [-0.05, 0) is 18.2 Å². The van der Waals surface area contributed by atoms with Crippen molar-refractivity contribution in [3.63, 3.8) is 0 Å². The lowest BCUT2D eigenvalue weighted by molar-refractivity contribution is 0.602. The minimum absolute atomic E-state index is 0.142. The lowest BCUT2D eigenvalue weighted by Gasteiger charge is -2.03. The van der Waals surface area contributed by atoms with E-state index in [1.165, 1.54) is 12.4 Å². The summed E-state index contributed by atoms with van der Waals surface area (Å²) in [6.45, 7) is 0. The molecule has 9 heteroatoms. The highest BCUT2D eigenvalue weighted by Crippen LogP contribution is 2.26. The number of sulfonamides is 1. The molecule has 0 aliphatic rings. The van der Waals surface area contributed by atoms with Crippen LogP contribution in [0.4, 0.5) is 10.7 Å². The van der Waals surface area contributed by atoms with Crippen LogP contribution in [-0.4, -0.2) is 23.0 Å². The Bertz CT molecular complexity index is 823. The number of nitrogens with zero attached hydrogens (tertiary/aromatic N) is 2. The third-order valence-corrected chi connectivity index (χ3v) is 4.67. The smallest absolute Gasteiger partial charge is 0.264 e. The second-order valence-corrected chi connectivity index (χ2v) is 6.28. The number of H-pyrrole nitrogens is 1. The van der Waals surface area contributed by atoms with Crippen LogP contribution in [0.15, 0.2) is 35.5 Å². The van der Waals surface area contributed by atoms with E-state index in [4.69, 9.17) is 5.73 Å². The molecule has 0 bridgehead atoms. The Morgan fingerprint density at radius 3 is 2.95 bits per heavy atom. The number of aromatic nitrogens is 3. The number of fused-ring (bicyclic) bond motifs is 1. The predicted molar refractivity (Wildman–Crippen MR) is 73.4 cm³/mol. The maximum atomic E-state index is 12.3. The first kappa shape index (κ1) is 11.9. The summed E-state index contributed by atoms with van der Waals surface area (Å²) in [5, 5.41) is 4.48. The monoisotopic (exact) mass is 295 g/mol. The molecule has 3 aromatic rings. The Hall–Kier alpha value is -2.13. The highest BCUT2D eigenvalue weighted by Gasteiger charge is 2.20. The number of nitrogens with one attached hydrogen (secondary N) is 2. The molecule has 0 aliphatic heterocycles. The van der Waals surface area contributed by atoms with Crippen molar-refractivity contribution in [3.05, 3.63) is 30.6 Å². The fourth-order valence-electron chi connectivity index (χ4n) is 1.73. The number of nitrogen functional groups attached to an aromatic ring is 1. The lowest BCUT2D eigenvalue weighted by Crippen LogP contribution is -2.11. The second-order valence-electron chi connectivity index (χ2n) is 3.85. The first-order valence-electron chi connectivity index (χ1n) is 5.23. The van der Waals surface area contributed by atoms with Crippen LogP contribution < -0.4 is 10.5 Å². The Labute approximate surface area is 112 Å². The largest absolute Gasteiger partial charge is 0.399 e. The summed E-state index contributed by atoms with van der Waals surface area (Å²) in [5.74, 6) is 0. The quantitative estimate of drug-likeness (QED) is 0.632. The Balaban J connectivity index is 2.10. The van der Waals surface area contributed by atoms with Crippen molar-refractivity contribution in [2.45, 2.75) is 4.90 Å². The summed E-state index contributed by atoms with van der Waals surface area (Å²) in [6, 6.07) is 5.05. The molecule has 0 amide bonds. The van der Waals surface area contributed by atoms with Crippen molar-refractivity contribution >= 4 is 43.1 Å². The van der Waals surface area contributed by atoms with Crippen molar-refractivity contribution in [3.8, 4) is 0 Å². The third-order valence-electron chi connectivity index (χ3n) is 2.55. The van der Waals surface area contributed by atoms with E-state index >= 15 is 0 Å². The summed E-state index contributed by atoms with van der Waals surface area (Å²) in [4.78, 5) is 3.04. The second kappa shape index (κ2) is 4.21. The van der Waals surface area contributed by atoms with Gasteiger partial charge in [0.05, 0.1) is 6.20 Å². The average Bonchev–Trinajstić information content (AvgIpc) is 2.96. The first-order chi connectivity index (χ1) is 9.06. The molecule has 2 aromatic heterocycles. The van der Waals surface area contributed by atoms with Crippen LogP contribution in [0.5, 0.6) is 0 Å². The van der Waals surface area contributed by atoms with Crippen molar-refractivity contribution in [1.82, 2.24) is 14.6 Å². The number of hydrogen-bond donors (Lipinski definition) is 3. The Morgan fingerprint density at radius 2 is 2.21 bits per heavy atom. The van der Waals surface area contributed by atoms with Gasteiger partial charge in [0.1, 0.15) is 9.90 Å². The van der Waals surface area contributed by atoms with E-state index in [2.05, 4.69) is 19.3 Å². The molecule has 0 saturated carbocycles. The maximum Gasteiger partial charge on any atom is 0.264 e. The summed E-state index contributed by atoms with van der Waals surface area (Å²) >= 11 is 0.969. The topological polar surface area (TPSA) is 114 Å². The lowest BCUT2D eigenvalue weighted by atomic mass is 10.2. The molecule has 0 unspecified atom stereocenters. The first-order valence-corrected chi connectivity index (χ1v) is 7.49. The molecule has 0 spiro atoms.